The van der Waals surface area contributed by atoms with Crippen LogP contribution in [0.2, 0.25) is 0 Å². The van der Waals surface area contributed by atoms with Gasteiger partial charge in [-0.15, -0.1) is 0 Å². The number of nitrogens with zero attached hydrogens (tertiary/aromatic N) is 1. The molecule has 0 fully saturated rings. The molecule has 1 amide bonds. The molecule has 0 aliphatic carbocycles. The number of aromatic carboxylic acids is 1. The van der Waals surface area contributed by atoms with Crippen molar-refractivity contribution in [1.29, 1.82) is 0 Å². The molecule has 6 heteroatoms. The second-order valence-corrected chi connectivity index (χ2v) is 4.03. The normalized spacial score (nSPS) is 14.1. The maximum Gasteiger partial charge on any atom is 0.374 e. The van der Waals surface area contributed by atoms with Gasteiger partial charge in [-0.25, -0.2) is 4.79 Å². The lowest BCUT2D eigenvalue weighted by Gasteiger charge is -2.18. The molecule has 0 saturated heterocycles. The van der Waals surface area contributed by atoms with Gasteiger partial charge in [-0.05, 0) is 12.8 Å². The molecule has 94 valence electrons. The zero-order chi connectivity index (χ0) is 13.0. The van der Waals surface area contributed by atoms with Gasteiger partial charge in [0.25, 0.3) is 5.91 Å². The molecule has 0 aromatic carbocycles. The van der Waals surface area contributed by atoms with Crippen molar-refractivity contribution in [3.63, 3.8) is 0 Å². The third-order valence-corrected chi connectivity index (χ3v) is 2.81. The van der Waals surface area contributed by atoms with E-state index in [1.165, 1.54) is 0 Å². The van der Waals surface area contributed by atoms with Crippen molar-refractivity contribution in [3.05, 3.63) is 17.5 Å². The van der Waals surface area contributed by atoms with Crippen LogP contribution in [0.15, 0.2) is 10.6 Å². The quantitative estimate of drug-likeness (QED) is 0.814. The summed E-state index contributed by atoms with van der Waals surface area (Å²) < 4.78 is 4.51. The fraction of sp³-hybridized carbons (Fsp3) is 0.545. The van der Waals surface area contributed by atoms with Crippen LogP contribution in [-0.2, 0) is 0 Å². The lowest BCUT2D eigenvalue weighted by atomic mass is 10.0. The van der Waals surface area contributed by atoms with Crippen LogP contribution in [0.5, 0.6) is 0 Å². The summed E-state index contributed by atoms with van der Waals surface area (Å²) in [6, 6.07) is 1.11. The SMILES string of the molecule is CCC(C)C(C)NC(=O)c1cc(C(=O)O)on1. The third kappa shape index (κ3) is 3.30. The van der Waals surface area contributed by atoms with Crippen LogP contribution in [0, 0.1) is 5.92 Å². The van der Waals surface area contributed by atoms with E-state index in [-0.39, 0.29) is 17.5 Å². The summed E-state index contributed by atoms with van der Waals surface area (Å²) in [6.45, 7) is 5.95. The Bertz CT molecular complexity index is 413. The molecule has 0 saturated carbocycles. The monoisotopic (exact) mass is 240 g/mol. The van der Waals surface area contributed by atoms with Gasteiger partial charge in [0, 0.05) is 12.1 Å². The van der Waals surface area contributed by atoms with Gasteiger partial charge in [-0.1, -0.05) is 25.4 Å². The van der Waals surface area contributed by atoms with Gasteiger partial charge in [0.05, 0.1) is 0 Å². The number of carbonyl (C=O) groups excluding carboxylic acids is 1. The van der Waals surface area contributed by atoms with Crippen LogP contribution in [0.1, 0.15) is 48.2 Å². The molecule has 2 unspecified atom stereocenters. The van der Waals surface area contributed by atoms with E-state index < -0.39 is 11.9 Å². The molecule has 17 heavy (non-hydrogen) atoms. The summed E-state index contributed by atoms with van der Waals surface area (Å²) in [5.74, 6) is -1.67. The van der Waals surface area contributed by atoms with Crippen LogP contribution >= 0.6 is 0 Å². The first-order valence-electron chi connectivity index (χ1n) is 5.46. The van der Waals surface area contributed by atoms with Crippen molar-refractivity contribution in [3.8, 4) is 0 Å². The van der Waals surface area contributed by atoms with Crippen molar-refractivity contribution < 1.29 is 19.2 Å². The van der Waals surface area contributed by atoms with Gasteiger partial charge in [0.1, 0.15) is 0 Å². The van der Waals surface area contributed by atoms with E-state index in [1.54, 1.807) is 0 Å². The van der Waals surface area contributed by atoms with Crippen LogP contribution in [0.3, 0.4) is 0 Å². The molecular weight excluding hydrogens is 224 g/mol. The molecule has 1 heterocycles. The van der Waals surface area contributed by atoms with Crippen molar-refractivity contribution in [2.45, 2.75) is 33.2 Å². The number of nitrogens with one attached hydrogen (secondary N) is 1. The fourth-order valence-corrected chi connectivity index (χ4v) is 1.26. The summed E-state index contributed by atoms with van der Waals surface area (Å²) in [5, 5.41) is 14.8. The number of carboxylic acid groups (broad SMARTS) is 1. The van der Waals surface area contributed by atoms with Crippen molar-refractivity contribution >= 4 is 11.9 Å². The van der Waals surface area contributed by atoms with Gasteiger partial charge >= 0.3 is 5.97 Å². The van der Waals surface area contributed by atoms with E-state index in [0.717, 1.165) is 12.5 Å². The van der Waals surface area contributed by atoms with E-state index >= 15 is 0 Å². The summed E-state index contributed by atoms with van der Waals surface area (Å²) in [7, 11) is 0. The van der Waals surface area contributed by atoms with E-state index in [0.29, 0.717) is 5.92 Å². The largest absolute Gasteiger partial charge is 0.475 e. The first-order chi connectivity index (χ1) is 7.95. The zero-order valence-corrected chi connectivity index (χ0v) is 10.1. The third-order valence-electron chi connectivity index (χ3n) is 2.81. The number of hydrogen-bond acceptors (Lipinski definition) is 4. The molecule has 1 rings (SSSR count). The van der Waals surface area contributed by atoms with E-state index in [1.807, 2.05) is 20.8 Å². The minimum atomic E-state index is -1.24. The number of carboxylic acids is 1. The Balaban J connectivity index is 2.66. The van der Waals surface area contributed by atoms with E-state index in [4.69, 9.17) is 5.11 Å². The highest BCUT2D eigenvalue weighted by atomic mass is 16.5. The van der Waals surface area contributed by atoms with Gasteiger partial charge in [-0.3, -0.25) is 4.79 Å². The zero-order valence-electron chi connectivity index (χ0n) is 10.1. The Morgan fingerprint density at radius 1 is 1.53 bits per heavy atom. The number of carbonyl (C=O) groups is 2. The first-order valence-corrected chi connectivity index (χ1v) is 5.46. The number of rotatable bonds is 5. The minimum Gasteiger partial charge on any atom is -0.475 e. The molecule has 1 aromatic heterocycles. The predicted octanol–water partition coefficient (Wildman–Crippen LogP) is 1.54. The van der Waals surface area contributed by atoms with Gasteiger partial charge in [0.2, 0.25) is 5.76 Å². The average Bonchev–Trinajstić information content (AvgIpc) is 2.77. The highest BCUT2D eigenvalue weighted by Crippen LogP contribution is 2.08. The summed E-state index contributed by atoms with van der Waals surface area (Å²) in [4.78, 5) is 22.2. The molecular formula is C11H16N2O4. The summed E-state index contributed by atoms with van der Waals surface area (Å²) >= 11 is 0. The Hall–Kier alpha value is -1.85. The van der Waals surface area contributed by atoms with Gasteiger partial charge in [-0.2, -0.15) is 0 Å². The first kappa shape index (κ1) is 13.2. The standard InChI is InChI=1S/C11H16N2O4/c1-4-6(2)7(3)12-10(14)8-5-9(11(15)16)17-13-8/h5-7H,4H2,1-3H3,(H,12,14)(H,15,16). The van der Waals surface area contributed by atoms with Crippen LogP contribution in [0.4, 0.5) is 0 Å². The maximum atomic E-state index is 11.7. The average molecular weight is 240 g/mol. The van der Waals surface area contributed by atoms with Crippen LogP contribution in [0.25, 0.3) is 0 Å². The number of hydrogen-bond donors (Lipinski definition) is 2. The molecule has 0 aliphatic heterocycles. The molecule has 0 spiro atoms. The molecule has 0 aliphatic rings. The number of aromatic nitrogens is 1. The number of amides is 1. The molecule has 6 nitrogen and oxygen atoms in total. The topological polar surface area (TPSA) is 92.4 Å². The second-order valence-electron chi connectivity index (χ2n) is 4.03. The maximum absolute atomic E-state index is 11.7. The molecule has 2 atom stereocenters. The molecule has 0 bridgehead atoms. The van der Waals surface area contributed by atoms with Gasteiger partial charge in [0.15, 0.2) is 5.69 Å². The van der Waals surface area contributed by atoms with Crippen molar-refractivity contribution in [2.75, 3.05) is 0 Å². The predicted molar refractivity (Wildman–Crippen MR) is 59.8 cm³/mol. The molecule has 2 N–H and O–H groups in total. The van der Waals surface area contributed by atoms with Gasteiger partial charge < -0.3 is 14.9 Å². The lowest BCUT2D eigenvalue weighted by molar-refractivity contribution is 0.0651. The Morgan fingerprint density at radius 3 is 2.65 bits per heavy atom. The van der Waals surface area contributed by atoms with Crippen LogP contribution in [-0.4, -0.2) is 28.2 Å². The lowest BCUT2D eigenvalue weighted by Crippen LogP contribution is -2.37. The highest BCUT2D eigenvalue weighted by molar-refractivity contribution is 5.94. The second kappa shape index (κ2) is 5.47. The van der Waals surface area contributed by atoms with Crippen molar-refractivity contribution in [2.24, 2.45) is 5.92 Å². The van der Waals surface area contributed by atoms with Crippen molar-refractivity contribution in [1.82, 2.24) is 10.5 Å². The Labute approximate surface area is 99.0 Å². The molecule has 1 aromatic rings. The van der Waals surface area contributed by atoms with Crippen LogP contribution < -0.4 is 5.32 Å². The van der Waals surface area contributed by atoms with E-state index in [2.05, 4.69) is 15.0 Å². The Morgan fingerprint density at radius 2 is 2.18 bits per heavy atom. The smallest absolute Gasteiger partial charge is 0.374 e. The summed E-state index contributed by atoms with van der Waals surface area (Å²) in [5.41, 5.74) is -0.0162. The van der Waals surface area contributed by atoms with E-state index in [9.17, 15) is 9.59 Å². The Kier molecular flexibility index (Phi) is 4.25. The fourth-order valence-electron chi connectivity index (χ4n) is 1.26. The molecule has 0 radical (unpaired) electrons. The summed E-state index contributed by atoms with van der Waals surface area (Å²) in [6.07, 6.45) is 0.945. The highest BCUT2D eigenvalue weighted by Gasteiger charge is 2.19. The minimum absolute atomic E-state index is 0.00234.